The van der Waals surface area contributed by atoms with E-state index in [1.807, 2.05) is 13.8 Å². The standard InChI is InChI=1S/C21H43N5O3S/c1-18(2)16-24-8-6-7-20(17-24)15-23-21(22-5)25-9-11-26(12-10-25)30(27,28)14-13-29-19(3)4/h18-20H,6-17H2,1-5H3,(H,22,23). The molecule has 0 aromatic rings. The maximum atomic E-state index is 12.5. The zero-order chi connectivity index (χ0) is 22.1. The van der Waals surface area contributed by atoms with Gasteiger partial charge in [-0.1, -0.05) is 13.8 Å². The van der Waals surface area contributed by atoms with E-state index in [4.69, 9.17) is 4.74 Å². The van der Waals surface area contributed by atoms with Crippen molar-refractivity contribution < 1.29 is 13.2 Å². The molecular weight excluding hydrogens is 402 g/mol. The largest absolute Gasteiger partial charge is 0.378 e. The van der Waals surface area contributed by atoms with Crippen LogP contribution < -0.4 is 5.32 Å². The monoisotopic (exact) mass is 445 g/mol. The number of aliphatic imine (C=N–C) groups is 1. The quantitative estimate of drug-likeness (QED) is 0.426. The van der Waals surface area contributed by atoms with E-state index in [2.05, 4.69) is 34.0 Å². The van der Waals surface area contributed by atoms with Crippen LogP contribution in [-0.2, 0) is 14.8 Å². The Morgan fingerprint density at radius 2 is 1.83 bits per heavy atom. The zero-order valence-electron chi connectivity index (χ0n) is 19.6. The number of rotatable bonds is 9. The number of piperazine rings is 1. The number of guanidine groups is 1. The van der Waals surface area contributed by atoms with E-state index in [1.54, 1.807) is 11.4 Å². The highest BCUT2D eigenvalue weighted by molar-refractivity contribution is 7.89. The molecule has 0 bridgehead atoms. The van der Waals surface area contributed by atoms with Crippen LogP contribution in [0.4, 0.5) is 0 Å². The van der Waals surface area contributed by atoms with Gasteiger partial charge in [-0.2, -0.15) is 4.31 Å². The lowest BCUT2D eigenvalue weighted by Gasteiger charge is -2.37. The van der Waals surface area contributed by atoms with Crippen molar-refractivity contribution in [3.63, 3.8) is 0 Å². The predicted molar refractivity (Wildman–Crippen MR) is 123 cm³/mol. The van der Waals surface area contributed by atoms with Crippen molar-refractivity contribution >= 4 is 16.0 Å². The SMILES string of the molecule is CN=C(NCC1CCCN(CC(C)C)C1)N1CCN(S(=O)(=O)CCOC(C)C)CC1. The molecule has 2 saturated heterocycles. The van der Waals surface area contributed by atoms with Crippen molar-refractivity contribution in [3.05, 3.63) is 0 Å². The average molecular weight is 446 g/mol. The lowest BCUT2D eigenvalue weighted by molar-refractivity contribution is 0.0904. The normalized spacial score (nSPS) is 22.8. The Morgan fingerprint density at radius 1 is 1.13 bits per heavy atom. The molecule has 2 aliphatic heterocycles. The van der Waals surface area contributed by atoms with Crippen LogP contribution in [0.3, 0.4) is 0 Å². The minimum atomic E-state index is -3.26. The number of nitrogens with one attached hydrogen (secondary N) is 1. The summed E-state index contributed by atoms with van der Waals surface area (Å²) in [6, 6.07) is 0. The molecule has 1 unspecified atom stereocenters. The van der Waals surface area contributed by atoms with Gasteiger partial charge in [-0.25, -0.2) is 8.42 Å². The summed E-state index contributed by atoms with van der Waals surface area (Å²) in [5.41, 5.74) is 0. The summed E-state index contributed by atoms with van der Waals surface area (Å²) in [6.07, 6.45) is 2.56. The molecule has 0 amide bonds. The summed E-state index contributed by atoms with van der Waals surface area (Å²) >= 11 is 0. The Hall–Kier alpha value is -0.900. The summed E-state index contributed by atoms with van der Waals surface area (Å²) in [6.45, 7) is 15.4. The topological polar surface area (TPSA) is 77.5 Å². The van der Waals surface area contributed by atoms with Crippen LogP contribution in [0.5, 0.6) is 0 Å². The third-order valence-corrected chi connectivity index (χ3v) is 7.55. The fourth-order valence-corrected chi connectivity index (χ4v) is 5.55. The van der Waals surface area contributed by atoms with Gasteiger partial charge in [0.1, 0.15) is 0 Å². The zero-order valence-corrected chi connectivity index (χ0v) is 20.5. The molecule has 8 nitrogen and oxygen atoms in total. The first-order chi connectivity index (χ1) is 14.2. The second-order valence-electron chi connectivity index (χ2n) is 9.21. The van der Waals surface area contributed by atoms with Crippen LogP contribution in [0.25, 0.3) is 0 Å². The molecule has 2 aliphatic rings. The van der Waals surface area contributed by atoms with Gasteiger partial charge in [0.15, 0.2) is 5.96 Å². The van der Waals surface area contributed by atoms with E-state index in [-0.39, 0.29) is 18.5 Å². The fourth-order valence-electron chi connectivity index (χ4n) is 4.26. The van der Waals surface area contributed by atoms with Crippen LogP contribution in [0.15, 0.2) is 4.99 Å². The van der Waals surface area contributed by atoms with Crippen molar-refractivity contribution in [2.75, 3.05) is 71.8 Å². The predicted octanol–water partition coefficient (Wildman–Crippen LogP) is 1.30. The smallest absolute Gasteiger partial charge is 0.216 e. The van der Waals surface area contributed by atoms with Crippen molar-refractivity contribution in [2.24, 2.45) is 16.8 Å². The number of likely N-dealkylation sites (tertiary alicyclic amines) is 1. The summed E-state index contributed by atoms with van der Waals surface area (Å²) in [4.78, 5) is 9.20. The highest BCUT2D eigenvalue weighted by Gasteiger charge is 2.28. The van der Waals surface area contributed by atoms with Crippen molar-refractivity contribution in [3.8, 4) is 0 Å². The number of hydrogen-bond donors (Lipinski definition) is 1. The first kappa shape index (κ1) is 25.4. The van der Waals surface area contributed by atoms with E-state index in [9.17, 15) is 8.42 Å². The molecule has 176 valence electrons. The summed E-state index contributed by atoms with van der Waals surface area (Å²) < 4.78 is 32.1. The van der Waals surface area contributed by atoms with Gasteiger partial charge in [0.05, 0.1) is 18.5 Å². The van der Waals surface area contributed by atoms with E-state index >= 15 is 0 Å². The van der Waals surface area contributed by atoms with Gasteiger partial charge in [0.2, 0.25) is 10.0 Å². The van der Waals surface area contributed by atoms with Crippen molar-refractivity contribution in [1.29, 1.82) is 0 Å². The Bertz CT molecular complexity index is 631. The number of hydrogen-bond acceptors (Lipinski definition) is 5. The molecule has 2 rings (SSSR count). The molecule has 0 aliphatic carbocycles. The highest BCUT2D eigenvalue weighted by Crippen LogP contribution is 2.17. The molecule has 2 fully saturated rings. The number of piperidine rings is 1. The molecule has 9 heteroatoms. The Morgan fingerprint density at radius 3 is 2.43 bits per heavy atom. The first-order valence-corrected chi connectivity index (χ1v) is 13.1. The first-order valence-electron chi connectivity index (χ1n) is 11.5. The maximum absolute atomic E-state index is 12.5. The van der Waals surface area contributed by atoms with Gasteiger partial charge in [-0.15, -0.1) is 0 Å². The summed E-state index contributed by atoms with van der Waals surface area (Å²) in [5, 5.41) is 3.54. The van der Waals surface area contributed by atoms with Crippen molar-refractivity contribution in [2.45, 2.75) is 46.6 Å². The average Bonchev–Trinajstić information content (AvgIpc) is 2.68. The molecule has 0 saturated carbocycles. The van der Waals surface area contributed by atoms with E-state index in [0.717, 1.165) is 19.0 Å². The molecule has 1 atom stereocenters. The number of nitrogens with zero attached hydrogens (tertiary/aromatic N) is 4. The molecule has 0 aromatic carbocycles. The van der Waals surface area contributed by atoms with Gasteiger partial charge in [0.25, 0.3) is 0 Å². The molecule has 2 heterocycles. The Kier molecular flexibility index (Phi) is 10.3. The van der Waals surface area contributed by atoms with Crippen LogP contribution in [0, 0.1) is 11.8 Å². The molecule has 0 spiro atoms. The Labute approximate surface area is 184 Å². The van der Waals surface area contributed by atoms with Crippen LogP contribution in [0.2, 0.25) is 0 Å². The minimum Gasteiger partial charge on any atom is -0.378 e. The fraction of sp³-hybridized carbons (Fsp3) is 0.952. The molecule has 0 aromatic heterocycles. The number of sulfonamides is 1. The van der Waals surface area contributed by atoms with Gasteiger partial charge < -0.3 is 19.9 Å². The van der Waals surface area contributed by atoms with Crippen LogP contribution >= 0.6 is 0 Å². The molecule has 30 heavy (non-hydrogen) atoms. The summed E-state index contributed by atoms with van der Waals surface area (Å²) in [7, 11) is -1.46. The highest BCUT2D eigenvalue weighted by atomic mass is 32.2. The lowest BCUT2D eigenvalue weighted by atomic mass is 9.97. The molecule has 0 radical (unpaired) electrons. The van der Waals surface area contributed by atoms with Crippen LogP contribution in [-0.4, -0.2) is 106 Å². The molecular formula is C21H43N5O3S. The van der Waals surface area contributed by atoms with E-state index in [1.165, 1.54) is 25.9 Å². The maximum Gasteiger partial charge on any atom is 0.216 e. The minimum absolute atomic E-state index is 0.0483. The number of ether oxygens (including phenoxy) is 1. The van der Waals surface area contributed by atoms with Gasteiger partial charge >= 0.3 is 0 Å². The molecule has 1 N–H and O–H groups in total. The third-order valence-electron chi connectivity index (χ3n) is 5.71. The second-order valence-corrected chi connectivity index (χ2v) is 11.3. The van der Waals surface area contributed by atoms with Crippen LogP contribution in [0.1, 0.15) is 40.5 Å². The van der Waals surface area contributed by atoms with E-state index in [0.29, 0.717) is 38.0 Å². The third kappa shape index (κ3) is 8.32. The Balaban J connectivity index is 1.77. The van der Waals surface area contributed by atoms with Gasteiger partial charge in [-0.3, -0.25) is 4.99 Å². The second kappa shape index (κ2) is 12.2. The van der Waals surface area contributed by atoms with Gasteiger partial charge in [0, 0.05) is 52.9 Å². The lowest BCUT2D eigenvalue weighted by Crippen LogP contribution is -2.55. The summed E-state index contributed by atoms with van der Waals surface area (Å²) in [5.74, 6) is 2.27. The van der Waals surface area contributed by atoms with Crippen molar-refractivity contribution in [1.82, 2.24) is 19.4 Å². The van der Waals surface area contributed by atoms with E-state index < -0.39 is 10.0 Å². The van der Waals surface area contributed by atoms with Gasteiger partial charge in [-0.05, 0) is 45.1 Å².